The van der Waals surface area contributed by atoms with Gasteiger partial charge in [0, 0.05) is 16.7 Å². The Bertz CT molecular complexity index is 1080. The summed E-state index contributed by atoms with van der Waals surface area (Å²) in [5, 5.41) is 10.9. The number of benzene rings is 3. The van der Waals surface area contributed by atoms with Crippen LogP contribution < -0.4 is 5.32 Å². The Kier molecular flexibility index (Phi) is 4.93. The highest BCUT2D eigenvalue weighted by molar-refractivity contribution is 5.94. The van der Waals surface area contributed by atoms with Gasteiger partial charge in [0.1, 0.15) is 11.9 Å². The van der Waals surface area contributed by atoms with Gasteiger partial charge in [-0.25, -0.2) is 4.39 Å². The summed E-state index contributed by atoms with van der Waals surface area (Å²) in [6.07, 6.45) is 0. The molecule has 4 rings (SSSR count). The van der Waals surface area contributed by atoms with Gasteiger partial charge in [-0.2, -0.15) is 0 Å². The van der Waals surface area contributed by atoms with E-state index >= 15 is 0 Å². The number of carbonyl (C=O) groups is 1. The molecule has 0 bridgehead atoms. The monoisotopic (exact) mass is 373 g/mol. The number of carbonyl (C=O) groups excluding carboxylic acids is 1. The number of nitrogens with one attached hydrogen (secondary N) is 1. The van der Waals surface area contributed by atoms with E-state index in [4.69, 9.17) is 4.42 Å². The molecule has 1 heterocycles. The molecule has 28 heavy (non-hydrogen) atoms. The van der Waals surface area contributed by atoms with Crippen LogP contribution in [-0.4, -0.2) is 16.1 Å². The van der Waals surface area contributed by atoms with Gasteiger partial charge in [-0.1, -0.05) is 54.6 Å². The zero-order valence-electron chi connectivity index (χ0n) is 14.7. The summed E-state index contributed by atoms with van der Waals surface area (Å²) in [7, 11) is 0. The first-order valence-corrected chi connectivity index (χ1v) is 8.71. The van der Waals surface area contributed by atoms with Crippen LogP contribution in [0.15, 0.2) is 89.3 Å². The molecule has 0 aliphatic heterocycles. The molecule has 6 heteroatoms. The molecule has 1 aromatic heterocycles. The van der Waals surface area contributed by atoms with Crippen molar-refractivity contribution in [1.82, 2.24) is 15.5 Å². The van der Waals surface area contributed by atoms with Crippen molar-refractivity contribution in [3.8, 4) is 11.5 Å². The van der Waals surface area contributed by atoms with Gasteiger partial charge < -0.3 is 9.73 Å². The van der Waals surface area contributed by atoms with Crippen LogP contribution in [0, 0.1) is 5.82 Å². The lowest BCUT2D eigenvalue weighted by atomic mass is 10.1. The average Bonchev–Trinajstić information content (AvgIpc) is 3.24. The standard InChI is InChI=1S/C22H16FN3O2/c23-18-14-8-7-13-17(18)19(24-20(27)15-9-3-1-4-10-15)22-26-25-21(28-22)16-11-5-2-6-12-16/h1-14,19H,(H,24,27). The summed E-state index contributed by atoms with van der Waals surface area (Å²) in [5.41, 5.74) is 1.43. The third-order valence-electron chi connectivity index (χ3n) is 4.24. The number of aromatic nitrogens is 2. The second-order valence-electron chi connectivity index (χ2n) is 6.11. The topological polar surface area (TPSA) is 68.0 Å². The summed E-state index contributed by atoms with van der Waals surface area (Å²) in [6.45, 7) is 0. The molecule has 138 valence electrons. The SMILES string of the molecule is O=C(NC(c1nnc(-c2ccccc2)o1)c1ccccc1F)c1ccccc1. The molecule has 1 unspecified atom stereocenters. The minimum absolute atomic E-state index is 0.105. The maximum absolute atomic E-state index is 14.5. The fraction of sp³-hybridized carbons (Fsp3) is 0.0455. The van der Waals surface area contributed by atoms with E-state index in [2.05, 4.69) is 15.5 Å². The highest BCUT2D eigenvalue weighted by atomic mass is 19.1. The molecule has 4 aromatic rings. The molecule has 0 aliphatic rings. The Balaban J connectivity index is 1.71. The van der Waals surface area contributed by atoms with E-state index in [0.29, 0.717) is 11.5 Å². The van der Waals surface area contributed by atoms with E-state index in [1.54, 1.807) is 42.5 Å². The summed E-state index contributed by atoms with van der Waals surface area (Å²) in [5.74, 6) is -0.437. The number of hydrogen-bond acceptors (Lipinski definition) is 4. The Hall–Kier alpha value is -3.80. The molecule has 0 aliphatic carbocycles. The molecule has 0 saturated heterocycles. The lowest BCUT2D eigenvalue weighted by Gasteiger charge is -2.16. The van der Waals surface area contributed by atoms with E-state index in [-0.39, 0.29) is 17.4 Å². The summed E-state index contributed by atoms with van der Waals surface area (Å²) in [4.78, 5) is 12.7. The van der Waals surface area contributed by atoms with Gasteiger partial charge in [-0.15, -0.1) is 10.2 Å². The molecule has 1 amide bonds. The maximum atomic E-state index is 14.5. The number of amides is 1. The third-order valence-corrected chi connectivity index (χ3v) is 4.24. The average molecular weight is 373 g/mol. The first-order chi connectivity index (χ1) is 13.7. The van der Waals surface area contributed by atoms with Crippen molar-refractivity contribution in [3.05, 3.63) is 108 Å². The van der Waals surface area contributed by atoms with E-state index < -0.39 is 11.9 Å². The first kappa shape index (κ1) is 17.6. The van der Waals surface area contributed by atoms with E-state index in [1.807, 2.05) is 36.4 Å². The zero-order valence-corrected chi connectivity index (χ0v) is 14.7. The van der Waals surface area contributed by atoms with Crippen molar-refractivity contribution >= 4 is 5.91 Å². The van der Waals surface area contributed by atoms with Gasteiger partial charge in [-0.05, 0) is 30.3 Å². The number of nitrogens with zero attached hydrogens (tertiary/aromatic N) is 2. The minimum Gasteiger partial charge on any atom is -0.418 e. The van der Waals surface area contributed by atoms with Crippen molar-refractivity contribution in [3.63, 3.8) is 0 Å². The van der Waals surface area contributed by atoms with Gasteiger partial charge in [0.15, 0.2) is 0 Å². The van der Waals surface area contributed by atoms with Crippen LogP contribution in [0.5, 0.6) is 0 Å². The molecule has 1 N–H and O–H groups in total. The molecule has 3 aromatic carbocycles. The number of hydrogen-bond donors (Lipinski definition) is 1. The smallest absolute Gasteiger partial charge is 0.252 e. The third kappa shape index (κ3) is 3.66. The molecule has 0 radical (unpaired) electrons. The molecule has 0 fully saturated rings. The second-order valence-corrected chi connectivity index (χ2v) is 6.11. The van der Waals surface area contributed by atoms with E-state index in [0.717, 1.165) is 5.56 Å². The molecule has 0 saturated carbocycles. The first-order valence-electron chi connectivity index (χ1n) is 8.71. The lowest BCUT2D eigenvalue weighted by Crippen LogP contribution is -2.30. The summed E-state index contributed by atoms with van der Waals surface area (Å²) >= 11 is 0. The van der Waals surface area contributed by atoms with Crippen LogP contribution in [0.25, 0.3) is 11.5 Å². The predicted octanol–water partition coefficient (Wildman–Crippen LogP) is 4.40. The van der Waals surface area contributed by atoms with Crippen LogP contribution >= 0.6 is 0 Å². The molecular formula is C22H16FN3O2. The van der Waals surface area contributed by atoms with Crippen LogP contribution in [-0.2, 0) is 0 Å². The zero-order chi connectivity index (χ0) is 19.3. The van der Waals surface area contributed by atoms with Gasteiger partial charge in [0.05, 0.1) is 0 Å². The van der Waals surface area contributed by atoms with Crippen LogP contribution in [0.3, 0.4) is 0 Å². The van der Waals surface area contributed by atoms with Crippen LogP contribution in [0.2, 0.25) is 0 Å². The Morgan fingerprint density at radius 3 is 2.21 bits per heavy atom. The largest absolute Gasteiger partial charge is 0.418 e. The fourth-order valence-electron chi connectivity index (χ4n) is 2.83. The van der Waals surface area contributed by atoms with E-state index in [9.17, 15) is 9.18 Å². The van der Waals surface area contributed by atoms with Crippen molar-refractivity contribution in [2.75, 3.05) is 0 Å². The number of halogens is 1. The van der Waals surface area contributed by atoms with Gasteiger partial charge >= 0.3 is 0 Å². The highest BCUT2D eigenvalue weighted by Crippen LogP contribution is 2.27. The predicted molar refractivity (Wildman–Crippen MR) is 102 cm³/mol. The lowest BCUT2D eigenvalue weighted by molar-refractivity contribution is 0.0937. The van der Waals surface area contributed by atoms with Crippen LogP contribution in [0.4, 0.5) is 4.39 Å². The van der Waals surface area contributed by atoms with Gasteiger partial charge in [0.25, 0.3) is 5.91 Å². The molecule has 1 atom stereocenters. The van der Waals surface area contributed by atoms with Crippen molar-refractivity contribution < 1.29 is 13.6 Å². The van der Waals surface area contributed by atoms with Crippen molar-refractivity contribution in [1.29, 1.82) is 0 Å². The maximum Gasteiger partial charge on any atom is 0.252 e. The fourth-order valence-corrected chi connectivity index (χ4v) is 2.83. The quantitative estimate of drug-likeness (QED) is 0.563. The minimum atomic E-state index is -0.918. The molecule has 5 nitrogen and oxygen atoms in total. The van der Waals surface area contributed by atoms with E-state index in [1.165, 1.54) is 6.07 Å². The van der Waals surface area contributed by atoms with Crippen molar-refractivity contribution in [2.45, 2.75) is 6.04 Å². The normalized spacial score (nSPS) is 11.8. The second kappa shape index (κ2) is 7.84. The van der Waals surface area contributed by atoms with Crippen LogP contribution in [0.1, 0.15) is 27.9 Å². The Labute approximate surface area is 160 Å². The summed E-state index contributed by atoms with van der Waals surface area (Å²) < 4.78 is 20.2. The van der Waals surface area contributed by atoms with Crippen molar-refractivity contribution in [2.24, 2.45) is 0 Å². The highest BCUT2D eigenvalue weighted by Gasteiger charge is 2.26. The van der Waals surface area contributed by atoms with Gasteiger partial charge in [-0.3, -0.25) is 4.79 Å². The summed E-state index contributed by atoms with van der Waals surface area (Å²) in [6, 6.07) is 23.2. The molecular weight excluding hydrogens is 357 g/mol. The Morgan fingerprint density at radius 2 is 1.50 bits per heavy atom. The van der Waals surface area contributed by atoms with Gasteiger partial charge in [0.2, 0.25) is 11.8 Å². The molecule has 0 spiro atoms. The Morgan fingerprint density at radius 1 is 0.857 bits per heavy atom. The number of rotatable bonds is 5.